The van der Waals surface area contributed by atoms with Gasteiger partial charge in [-0.05, 0) is 31.9 Å². The lowest BCUT2D eigenvalue weighted by molar-refractivity contribution is 0.102. The SMILES string of the molecule is Cc1cc(C)c(C(=O)c2nccn2C)c(C)c1. The molecule has 0 aliphatic rings. The van der Waals surface area contributed by atoms with Crippen molar-refractivity contribution in [3.05, 3.63) is 52.6 Å². The Bertz CT molecular complexity index is 559. The minimum atomic E-state index is -0.00694. The molecule has 2 rings (SSSR count). The number of carbonyl (C=O) groups is 1. The van der Waals surface area contributed by atoms with Crippen LogP contribution < -0.4 is 0 Å². The second-order valence-corrected chi connectivity index (χ2v) is 4.46. The number of hydrogen-bond donors (Lipinski definition) is 0. The van der Waals surface area contributed by atoms with Gasteiger partial charge in [0.05, 0.1) is 0 Å². The first kappa shape index (κ1) is 11.6. The van der Waals surface area contributed by atoms with Crippen LogP contribution in [0.4, 0.5) is 0 Å². The van der Waals surface area contributed by atoms with Crippen molar-refractivity contribution >= 4 is 5.78 Å². The molecule has 0 amide bonds. The van der Waals surface area contributed by atoms with Crippen LogP contribution in [0, 0.1) is 20.8 Å². The summed E-state index contributed by atoms with van der Waals surface area (Å²) in [7, 11) is 1.83. The van der Waals surface area contributed by atoms with Gasteiger partial charge in [0, 0.05) is 25.0 Å². The van der Waals surface area contributed by atoms with E-state index in [0.717, 1.165) is 16.7 Å². The fourth-order valence-corrected chi connectivity index (χ4v) is 2.23. The molecule has 0 saturated carbocycles. The van der Waals surface area contributed by atoms with E-state index in [0.29, 0.717) is 5.82 Å². The van der Waals surface area contributed by atoms with Gasteiger partial charge >= 0.3 is 0 Å². The molecule has 2 aromatic rings. The molecule has 0 N–H and O–H groups in total. The van der Waals surface area contributed by atoms with Crippen LogP contribution in [-0.2, 0) is 7.05 Å². The number of imidazole rings is 1. The zero-order valence-electron chi connectivity index (χ0n) is 10.6. The number of carbonyl (C=O) groups excluding carboxylic acids is 1. The third-order valence-corrected chi connectivity index (χ3v) is 2.93. The summed E-state index contributed by atoms with van der Waals surface area (Å²) in [5.41, 5.74) is 3.97. The van der Waals surface area contributed by atoms with E-state index in [-0.39, 0.29) is 5.78 Å². The molecular formula is C14H16N2O. The molecule has 0 fully saturated rings. The monoisotopic (exact) mass is 228 g/mol. The second-order valence-electron chi connectivity index (χ2n) is 4.46. The van der Waals surface area contributed by atoms with E-state index in [1.165, 1.54) is 5.56 Å². The number of hydrogen-bond acceptors (Lipinski definition) is 2. The molecule has 0 atom stereocenters. The fourth-order valence-electron chi connectivity index (χ4n) is 2.23. The van der Waals surface area contributed by atoms with Gasteiger partial charge in [-0.15, -0.1) is 0 Å². The van der Waals surface area contributed by atoms with E-state index < -0.39 is 0 Å². The van der Waals surface area contributed by atoms with Crippen LogP contribution in [0.5, 0.6) is 0 Å². The average molecular weight is 228 g/mol. The number of ketones is 1. The molecule has 0 unspecified atom stereocenters. The summed E-state index contributed by atoms with van der Waals surface area (Å²) in [5, 5.41) is 0. The van der Waals surface area contributed by atoms with Crippen LogP contribution in [0.3, 0.4) is 0 Å². The Hall–Kier alpha value is -1.90. The Morgan fingerprint density at radius 1 is 1.18 bits per heavy atom. The quantitative estimate of drug-likeness (QED) is 0.740. The highest BCUT2D eigenvalue weighted by molar-refractivity contribution is 6.08. The number of benzene rings is 1. The van der Waals surface area contributed by atoms with Crippen molar-refractivity contribution in [2.24, 2.45) is 7.05 Å². The van der Waals surface area contributed by atoms with Crippen LogP contribution in [0.2, 0.25) is 0 Å². The third kappa shape index (κ3) is 2.00. The Kier molecular flexibility index (Phi) is 2.84. The van der Waals surface area contributed by atoms with Crippen molar-refractivity contribution in [2.75, 3.05) is 0 Å². The van der Waals surface area contributed by atoms with E-state index in [4.69, 9.17) is 0 Å². The van der Waals surface area contributed by atoms with Crippen molar-refractivity contribution in [2.45, 2.75) is 20.8 Å². The molecule has 1 heterocycles. The minimum absolute atomic E-state index is 0.00694. The first-order chi connectivity index (χ1) is 8.00. The summed E-state index contributed by atoms with van der Waals surface area (Å²) in [6.45, 7) is 5.97. The summed E-state index contributed by atoms with van der Waals surface area (Å²) >= 11 is 0. The zero-order valence-corrected chi connectivity index (χ0v) is 10.6. The molecular weight excluding hydrogens is 212 g/mol. The maximum Gasteiger partial charge on any atom is 0.228 e. The fraction of sp³-hybridized carbons (Fsp3) is 0.286. The number of nitrogens with zero attached hydrogens (tertiary/aromatic N) is 2. The van der Waals surface area contributed by atoms with Gasteiger partial charge in [0.1, 0.15) is 0 Å². The summed E-state index contributed by atoms with van der Waals surface area (Å²) in [6.07, 6.45) is 3.43. The highest BCUT2D eigenvalue weighted by Crippen LogP contribution is 2.19. The normalized spacial score (nSPS) is 10.6. The summed E-state index contributed by atoms with van der Waals surface area (Å²) in [6, 6.07) is 4.06. The van der Waals surface area contributed by atoms with Crippen LogP contribution in [0.25, 0.3) is 0 Å². The molecule has 0 saturated heterocycles. The zero-order chi connectivity index (χ0) is 12.6. The van der Waals surface area contributed by atoms with Gasteiger partial charge in [-0.25, -0.2) is 4.98 Å². The van der Waals surface area contributed by atoms with Crippen molar-refractivity contribution < 1.29 is 4.79 Å². The Morgan fingerprint density at radius 2 is 1.76 bits per heavy atom. The van der Waals surface area contributed by atoms with Gasteiger partial charge in [0.15, 0.2) is 5.82 Å². The molecule has 0 bridgehead atoms. The molecule has 1 aromatic carbocycles. The summed E-state index contributed by atoms with van der Waals surface area (Å²) in [4.78, 5) is 16.5. The van der Waals surface area contributed by atoms with Crippen molar-refractivity contribution in [1.29, 1.82) is 0 Å². The first-order valence-corrected chi connectivity index (χ1v) is 5.60. The van der Waals surface area contributed by atoms with Crippen LogP contribution >= 0.6 is 0 Å². The van der Waals surface area contributed by atoms with E-state index in [1.54, 1.807) is 17.0 Å². The summed E-state index contributed by atoms with van der Waals surface area (Å²) in [5.74, 6) is 0.479. The number of rotatable bonds is 2. The molecule has 17 heavy (non-hydrogen) atoms. The van der Waals surface area contributed by atoms with E-state index in [9.17, 15) is 4.79 Å². The molecule has 1 aromatic heterocycles. The first-order valence-electron chi connectivity index (χ1n) is 5.60. The Balaban J connectivity index is 2.56. The second kappa shape index (κ2) is 4.17. The largest absolute Gasteiger partial charge is 0.331 e. The predicted octanol–water partition coefficient (Wildman–Crippen LogP) is 2.58. The maximum atomic E-state index is 12.4. The maximum absolute atomic E-state index is 12.4. The number of aryl methyl sites for hydroxylation is 4. The molecule has 88 valence electrons. The minimum Gasteiger partial charge on any atom is -0.331 e. The Labute approximate surface area is 101 Å². The molecule has 0 aliphatic carbocycles. The van der Waals surface area contributed by atoms with E-state index >= 15 is 0 Å². The standard InChI is InChI=1S/C14H16N2O/c1-9-7-10(2)12(11(3)8-9)13(17)14-15-5-6-16(14)4/h5-8H,1-4H3. The van der Waals surface area contributed by atoms with Crippen molar-refractivity contribution in [3.8, 4) is 0 Å². The topological polar surface area (TPSA) is 34.9 Å². The van der Waals surface area contributed by atoms with Gasteiger partial charge in [-0.1, -0.05) is 17.7 Å². The van der Waals surface area contributed by atoms with Crippen molar-refractivity contribution in [1.82, 2.24) is 9.55 Å². The molecule has 3 nitrogen and oxygen atoms in total. The third-order valence-electron chi connectivity index (χ3n) is 2.93. The molecule has 3 heteroatoms. The summed E-state index contributed by atoms with van der Waals surface area (Å²) < 4.78 is 1.75. The lowest BCUT2D eigenvalue weighted by Crippen LogP contribution is -2.12. The van der Waals surface area contributed by atoms with Gasteiger partial charge in [-0.2, -0.15) is 0 Å². The van der Waals surface area contributed by atoms with Gasteiger partial charge in [-0.3, -0.25) is 4.79 Å². The van der Waals surface area contributed by atoms with E-state index in [2.05, 4.69) is 4.98 Å². The molecule has 0 radical (unpaired) electrons. The predicted molar refractivity (Wildman–Crippen MR) is 67.3 cm³/mol. The van der Waals surface area contributed by atoms with E-state index in [1.807, 2.05) is 40.0 Å². The van der Waals surface area contributed by atoms with Gasteiger partial charge < -0.3 is 4.57 Å². The highest BCUT2D eigenvalue weighted by atomic mass is 16.1. The number of aromatic nitrogens is 2. The molecule has 0 aliphatic heterocycles. The Morgan fingerprint density at radius 3 is 2.24 bits per heavy atom. The van der Waals surface area contributed by atoms with Crippen LogP contribution in [-0.4, -0.2) is 15.3 Å². The lowest BCUT2D eigenvalue weighted by atomic mass is 9.96. The average Bonchev–Trinajstić information content (AvgIpc) is 2.62. The highest BCUT2D eigenvalue weighted by Gasteiger charge is 2.18. The molecule has 0 spiro atoms. The van der Waals surface area contributed by atoms with Crippen molar-refractivity contribution in [3.63, 3.8) is 0 Å². The lowest BCUT2D eigenvalue weighted by Gasteiger charge is -2.10. The van der Waals surface area contributed by atoms with Gasteiger partial charge in [0.2, 0.25) is 5.78 Å². The van der Waals surface area contributed by atoms with Crippen LogP contribution in [0.15, 0.2) is 24.5 Å². The van der Waals surface area contributed by atoms with Gasteiger partial charge in [0.25, 0.3) is 0 Å². The smallest absolute Gasteiger partial charge is 0.228 e. The van der Waals surface area contributed by atoms with Crippen LogP contribution in [0.1, 0.15) is 32.9 Å².